The van der Waals surface area contributed by atoms with Crippen LogP contribution in [0.25, 0.3) is 0 Å². The van der Waals surface area contributed by atoms with Crippen LogP contribution in [0, 0.1) is 11.2 Å². The lowest BCUT2D eigenvalue weighted by Gasteiger charge is -2.35. The highest BCUT2D eigenvalue weighted by Gasteiger charge is 2.30. The molecule has 3 nitrogen and oxygen atoms in total. The molecule has 0 bridgehead atoms. The van der Waals surface area contributed by atoms with Gasteiger partial charge in [-0.2, -0.15) is 0 Å². The van der Waals surface area contributed by atoms with Crippen molar-refractivity contribution in [2.45, 2.75) is 19.9 Å². The molecule has 2 rings (SSSR count). The number of hydrogen-bond donors (Lipinski definition) is 2. The highest BCUT2D eigenvalue weighted by atomic mass is 19.1. The Labute approximate surface area is 108 Å². The molecular formula is C14H21FN2O. The Morgan fingerprint density at radius 1 is 1.50 bits per heavy atom. The Morgan fingerprint density at radius 2 is 2.28 bits per heavy atom. The number of aliphatic hydroxyl groups excluding tert-OH is 1. The second-order valence-corrected chi connectivity index (χ2v) is 5.74. The Balaban J connectivity index is 2.30. The largest absolute Gasteiger partial charge is 0.394 e. The van der Waals surface area contributed by atoms with E-state index in [1.165, 1.54) is 12.1 Å². The SMILES string of the molecule is CC1(C)CNCC(CO)N(c2cccc(F)c2)C1. The summed E-state index contributed by atoms with van der Waals surface area (Å²) in [6.07, 6.45) is 0. The van der Waals surface area contributed by atoms with Gasteiger partial charge in [0.05, 0.1) is 12.6 Å². The van der Waals surface area contributed by atoms with Crippen LogP contribution < -0.4 is 10.2 Å². The van der Waals surface area contributed by atoms with Crippen molar-refractivity contribution in [1.82, 2.24) is 5.32 Å². The fourth-order valence-corrected chi connectivity index (χ4v) is 2.45. The van der Waals surface area contributed by atoms with Crippen molar-refractivity contribution in [3.8, 4) is 0 Å². The first-order chi connectivity index (χ1) is 8.52. The molecule has 1 aliphatic rings. The zero-order valence-electron chi connectivity index (χ0n) is 11.0. The monoisotopic (exact) mass is 252 g/mol. The Morgan fingerprint density at radius 3 is 2.94 bits per heavy atom. The summed E-state index contributed by atoms with van der Waals surface area (Å²) in [4.78, 5) is 2.10. The van der Waals surface area contributed by atoms with E-state index in [1.807, 2.05) is 6.07 Å². The second kappa shape index (κ2) is 5.24. The summed E-state index contributed by atoms with van der Waals surface area (Å²) in [7, 11) is 0. The van der Waals surface area contributed by atoms with Gasteiger partial charge >= 0.3 is 0 Å². The summed E-state index contributed by atoms with van der Waals surface area (Å²) in [5, 5.41) is 12.9. The van der Waals surface area contributed by atoms with E-state index in [1.54, 1.807) is 6.07 Å². The number of rotatable bonds is 2. The maximum absolute atomic E-state index is 13.3. The molecule has 0 aromatic heterocycles. The van der Waals surface area contributed by atoms with Gasteiger partial charge < -0.3 is 15.3 Å². The molecule has 1 unspecified atom stereocenters. The number of benzene rings is 1. The van der Waals surface area contributed by atoms with Crippen LogP contribution in [0.4, 0.5) is 10.1 Å². The molecule has 1 aromatic carbocycles. The van der Waals surface area contributed by atoms with E-state index in [0.717, 1.165) is 25.3 Å². The highest BCUT2D eigenvalue weighted by molar-refractivity contribution is 5.48. The molecule has 0 amide bonds. The van der Waals surface area contributed by atoms with Gasteiger partial charge in [0.2, 0.25) is 0 Å². The van der Waals surface area contributed by atoms with E-state index in [4.69, 9.17) is 0 Å². The number of halogens is 1. The maximum Gasteiger partial charge on any atom is 0.125 e. The number of nitrogens with one attached hydrogen (secondary N) is 1. The van der Waals surface area contributed by atoms with E-state index in [9.17, 15) is 9.50 Å². The Hall–Kier alpha value is -1.13. The van der Waals surface area contributed by atoms with E-state index >= 15 is 0 Å². The van der Waals surface area contributed by atoms with Gasteiger partial charge in [-0.25, -0.2) is 4.39 Å². The number of aliphatic hydroxyl groups is 1. The maximum atomic E-state index is 13.3. The van der Waals surface area contributed by atoms with Gasteiger partial charge in [0.1, 0.15) is 5.82 Å². The average molecular weight is 252 g/mol. The van der Waals surface area contributed by atoms with E-state index in [0.29, 0.717) is 0 Å². The first-order valence-electron chi connectivity index (χ1n) is 6.36. The molecular weight excluding hydrogens is 231 g/mol. The molecule has 2 N–H and O–H groups in total. The molecule has 1 heterocycles. The van der Waals surface area contributed by atoms with Crippen molar-refractivity contribution in [2.24, 2.45) is 5.41 Å². The Bertz CT molecular complexity index is 409. The van der Waals surface area contributed by atoms with Crippen LogP contribution >= 0.6 is 0 Å². The van der Waals surface area contributed by atoms with Gasteiger partial charge in [-0.05, 0) is 23.6 Å². The molecule has 0 radical (unpaired) electrons. The topological polar surface area (TPSA) is 35.5 Å². The molecule has 100 valence electrons. The summed E-state index contributed by atoms with van der Waals surface area (Å²) in [5.74, 6) is -0.237. The van der Waals surface area contributed by atoms with Gasteiger partial charge in [-0.15, -0.1) is 0 Å². The third-order valence-corrected chi connectivity index (χ3v) is 3.37. The highest BCUT2D eigenvalue weighted by Crippen LogP contribution is 2.26. The predicted octanol–water partition coefficient (Wildman–Crippen LogP) is 1.62. The molecule has 0 spiro atoms. The molecule has 18 heavy (non-hydrogen) atoms. The molecule has 4 heteroatoms. The van der Waals surface area contributed by atoms with Crippen LogP contribution in [0.3, 0.4) is 0 Å². The lowest BCUT2D eigenvalue weighted by molar-refractivity contribution is 0.258. The van der Waals surface area contributed by atoms with Crippen LogP contribution in [-0.2, 0) is 0 Å². The average Bonchev–Trinajstić information content (AvgIpc) is 2.47. The number of nitrogens with zero attached hydrogens (tertiary/aromatic N) is 1. The van der Waals surface area contributed by atoms with Gasteiger partial charge in [0.25, 0.3) is 0 Å². The zero-order chi connectivity index (χ0) is 13.2. The quantitative estimate of drug-likeness (QED) is 0.839. The third-order valence-electron chi connectivity index (χ3n) is 3.37. The standard InChI is InChI=1S/C14H21FN2O/c1-14(2)9-16-7-13(8-18)17(10-14)12-5-3-4-11(15)6-12/h3-6,13,16,18H,7-10H2,1-2H3. The fraction of sp³-hybridized carbons (Fsp3) is 0.571. The molecule has 1 atom stereocenters. The van der Waals surface area contributed by atoms with Crippen molar-refractivity contribution < 1.29 is 9.50 Å². The summed E-state index contributed by atoms with van der Waals surface area (Å²) in [6, 6.07) is 6.58. The molecule has 1 aliphatic heterocycles. The van der Waals surface area contributed by atoms with E-state index < -0.39 is 0 Å². The lowest BCUT2D eigenvalue weighted by atomic mass is 9.93. The number of hydrogen-bond acceptors (Lipinski definition) is 3. The minimum absolute atomic E-state index is 0.00595. The minimum Gasteiger partial charge on any atom is -0.394 e. The van der Waals surface area contributed by atoms with Crippen LogP contribution in [0.1, 0.15) is 13.8 Å². The summed E-state index contributed by atoms with van der Waals surface area (Å²) < 4.78 is 13.3. The Kier molecular flexibility index (Phi) is 3.88. The van der Waals surface area contributed by atoms with E-state index in [-0.39, 0.29) is 23.9 Å². The third kappa shape index (κ3) is 3.00. The van der Waals surface area contributed by atoms with E-state index in [2.05, 4.69) is 24.1 Å². The summed E-state index contributed by atoms with van der Waals surface area (Å²) in [6.45, 7) is 6.83. The normalized spacial score (nSPS) is 23.8. The summed E-state index contributed by atoms with van der Waals surface area (Å²) >= 11 is 0. The summed E-state index contributed by atoms with van der Waals surface area (Å²) in [5.41, 5.74) is 0.932. The smallest absolute Gasteiger partial charge is 0.125 e. The van der Waals surface area contributed by atoms with Gasteiger partial charge in [-0.1, -0.05) is 19.9 Å². The predicted molar refractivity (Wildman–Crippen MR) is 71.3 cm³/mol. The van der Waals surface area contributed by atoms with Crippen molar-refractivity contribution in [1.29, 1.82) is 0 Å². The molecule has 1 fully saturated rings. The first kappa shape index (κ1) is 13.3. The van der Waals surface area contributed by atoms with Crippen LogP contribution in [0.2, 0.25) is 0 Å². The minimum atomic E-state index is -0.237. The van der Waals surface area contributed by atoms with Crippen molar-refractivity contribution in [2.75, 3.05) is 31.1 Å². The van der Waals surface area contributed by atoms with Crippen molar-refractivity contribution in [3.63, 3.8) is 0 Å². The van der Waals surface area contributed by atoms with Crippen molar-refractivity contribution >= 4 is 5.69 Å². The molecule has 1 aromatic rings. The van der Waals surface area contributed by atoms with Gasteiger partial charge in [0.15, 0.2) is 0 Å². The van der Waals surface area contributed by atoms with Gasteiger partial charge in [0, 0.05) is 25.3 Å². The van der Waals surface area contributed by atoms with Crippen LogP contribution in [-0.4, -0.2) is 37.4 Å². The zero-order valence-corrected chi connectivity index (χ0v) is 11.0. The lowest BCUT2D eigenvalue weighted by Crippen LogP contribution is -2.44. The molecule has 0 saturated carbocycles. The first-order valence-corrected chi connectivity index (χ1v) is 6.36. The fourth-order valence-electron chi connectivity index (χ4n) is 2.45. The molecule has 0 aliphatic carbocycles. The van der Waals surface area contributed by atoms with Crippen molar-refractivity contribution in [3.05, 3.63) is 30.1 Å². The second-order valence-electron chi connectivity index (χ2n) is 5.74. The van der Waals surface area contributed by atoms with Crippen LogP contribution in [0.15, 0.2) is 24.3 Å². The number of anilines is 1. The van der Waals surface area contributed by atoms with Gasteiger partial charge in [-0.3, -0.25) is 0 Å². The van der Waals surface area contributed by atoms with Crippen LogP contribution in [0.5, 0.6) is 0 Å². The molecule has 1 saturated heterocycles.